The van der Waals surface area contributed by atoms with Crippen LogP contribution in [0.1, 0.15) is 25.0 Å². The van der Waals surface area contributed by atoms with Crippen LogP contribution in [-0.2, 0) is 4.79 Å². The number of nitrogens with one attached hydrogen (secondary N) is 1. The first-order valence-corrected chi connectivity index (χ1v) is 10.3. The van der Waals surface area contributed by atoms with Crippen molar-refractivity contribution in [2.45, 2.75) is 32.9 Å². The number of carbonyl (C=O) groups excluding carboxylic acids is 1. The molecule has 4 aromatic rings. The number of Topliss-reactive ketones (excluding diaryl/α,β-unsaturated/α-hetero) is 1. The van der Waals surface area contributed by atoms with E-state index in [9.17, 15) is 14.7 Å². The second-order valence-corrected chi connectivity index (χ2v) is 8.27. The van der Waals surface area contributed by atoms with Gasteiger partial charge in [0.2, 0.25) is 0 Å². The number of allylic oxidation sites excluding steroid dienone is 2. The van der Waals surface area contributed by atoms with Gasteiger partial charge in [0, 0.05) is 10.9 Å². The number of benzene rings is 2. The van der Waals surface area contributed by atoms with Crippen molar-refractivity contribution in [3.63, 3.8) is 0 Å². The van der Waals surface area contributed by atoms with Crippen molar-refractivity contribution in [2.75, 3.05) is 0 Å². The van der Waals surface area contributed by atoms with Gasteiger partial charge in [0.15, 0.2) is 10.9 Å². The van der Waals surface area contributed by atoms with E-state index in [1.807, 2.05) is 56.3 Å². The Morgan fingerprint density at radius 3 is 2.57 bits per heavy atom. The number of H-pyrrole nitrogens is 1. The van der Waals surface area contributed by atoms with Gasteiger partial charge in [0.1, 0.15) is 16.8 Å². The number of para-hydroxylation sites is 1. The van der Waals surface area contributed by atoms with Crippen molar-refractivity contribution in [3.8, 4) is 5.69 Å². The van der Waals surface area contributed by atoms with Crippen LogP contribution in [0, 0.1) is 13.8 Å². The molecule has 4 rings (SSSR count). The third-order valence-corrected chi connectivity index (χ3v) is 6.19. The van der Waals surface area contributed by atoms with Crippen LogP contribution in [0.5, 0.6) is 0 Å². The van der Waals surface area contributed by atoms with Crippen molar-refractivity contribution in [1.82, 2.24) is 14.5 Å². The lowest BCUT2D eigenvalue weighted by Gasteiger charge is -2.15. The smallest absolute Gasteiger partial charge is 0.283 e. The van der Waals surface area contributed by atoms with E-state index >= 15 is 0 Å². The minimum absolute atomic E-state index is 0.103. The summed E-state index contributed by atoms with van der Waals surface area (Å²) in [5.41, 5.74) is 4.08. The molecule has 0 atom stereocenters. The maximum atomic E-state index is 13.6. The largest absolute Gasteiger partial charge is 0.511 e. The Balaban J connectivity index is 2.12. The Bertz CT molecular complexity index is 1410. The number of hydrogen-bond acceptors (Lipinski definition) is 5. The van der Waals surface area contributed by atoms with Gasteiger partial charge in [-0.1, -0.05) is 30.3 Å². The highest BCUT2D eigenvalue weighted by Crippen LogP contribution is 2.32. The molecule has 0 fully saturated rings. The molecular formula is C23H21N3O3S. The van der Waals surface area contributed by atoms with Gasteiger partial charge in [-0.3, -0.25) is 14.2 Å². The van der Waals surface area contributed by atoms with Gasteiger partial charge in [0.25, 0.3) is 5.56 Å². The molecule has 30 heavy (non-hydrogen) atoms. The zero-order valence-electron chi connectivity index (χ0n) is 17.1. The summed E-state index contributed by atoms with van der Waals surface area (Å²) in [5.74, 6) is -0.394. The normalized spacial score (nSPS) is 12.4. The van der Waals surface area contributed by atoms with Crippen molar-refractivity contribution in [3.05, 3.63) is 74.6 Å². The highest BCUT2D eigenvalue weighted by atomic mass is 32.2. The summed E-state index contributed by atoms with van der Waals surface area (Å²) in [6, 6.07) is 13.4. The van der Waals surface area contributed by atoms with Crippen LogP contribution in [0.3, 0.4) is 0 Å². The van der Waals surface area contributed by atoms with Gasteiger partial charge < -0.3 is 10.1 Å². The number of aliphatic hydroxyl groups is 1. The second kappa shape index (κ2) is 7.50. The molecule has 2 heterocycles. The topological polar surface area (TPSA) is 88.0 Å². The number of aliphatic hydroxyl groups excluding tert-OH is 1. The van der Waals surface area contributed by atoms with Crippen molar-refractivity contribution in [1.29, 1.82) is 0 Å². The lowest BCUT2D eigenvalue weighted by molar-refractivity contribution is -0.113. The average Bonchev–Trinajstić information content (AvgIpc) is 3.07. The van der Waals surface area contributed by atoms with Gasteiger partial charge in [-0.25, -0.2) is 4.98 Å². The van der Waals surface area contributed by atoms with Crippen molar-refractivity contribution >= 4 is 39.5 Å². The monoisotopic (exact) mass is 419 g/mol. The summed E-state index contributed by atoms with van der Waals surface area (Å²) in [4.78, 5) is 33.8. The molecule has 0 saturated heterocycles. The summed E-state index contributed by atoms with van der Waals surface area (Å²) >= 11 is 1.000. The highest BCUT2D eigenvalue weighted by molar-refractivity contribution is 8.03. The van der Waals surface area contributed by atoms with E-state index < -0.39 is 0 Å². The SMILES string of the molecule is CC(=O)/C(Sc1nc2c([nH]c3ccccc32)c(=O)n1-c1cc(C)ccc1C)=C(\C)O. The van der Waals surface area contributed by atoms with E-state index in [0.29, 0.717) is 21.9 Å². The molecule has 0 amide bonds. The molecule has 0 saturated carbocycles. The molecular weight excluding hydrogens is 398 g/mol. The molecule has 0 aliphatic heterocycles. The predicted octanol–water partition coefficient (Wildman–Crippen LogP) is 4.95. The Kier molecular flexibility index (Phi) is 4.99. The molecule has 152 valence electrons. The molecule has 7 heteroatoms. The average molecular weight is 420 g/mol. The maximum Gasteiger partial charge on any atom is 0.283 e. The van der Waals surface area contributed by atoms with Gasteiger partial charge >= 0.3 is 0 Å². The van der Waals surface area contributed by atoms with Crippen LogP contribution in [0.15, 0.2) is 63.1 Å². The van der Waals surface area contributed by atoms with E-state index in [2.05, 4.69) is 4.98 Å². The van der Waals surface area contributed by atoms with Crippen molar-refractivity contribution < 1.29 is 9.90 Å². The second-order valence-electron chi connectivity index (χ2n) is 7.29. The molecule has 2 aromatic heterocycles. The minimum Gasteiger partial charge on any atom is -0.511 e. The van der Waals surface area contributed by atoms with Crippen LogP contribution in [0.2, 0.25) is 0 Å². The Hall–Kier alpha value is -3.32. The number of aromatic amines is 1. The van der Waals surface area contributed by atoms with Crippen LogP contribution >= 0.6 is 11.8 Å². The fraction of sp³-hybridized carbons (Fsp3) is 0.174. The van der Waals surface area contributed by atoms with Gasteiger partial charge in [0.05, 0.1) is 10.6 Å². The fourth-order valence-electron chi connectivity index (χ4n) is 3.48. The third kappa shape index (κ3) is 3.31. The first-order valence-electron chi connectivity index (χ1n) is 9.47. The molecule has 0 spiro atoms. The quantitative estimate of drug-likeness (QED) is 0.211. The van der Waals surface area contributed by atoms with Crippen LogP contribution in [-0.4, -0.2) is 25.4 Å². The van der Waals surface area contributed by atoms with Crippen LogP contribution < -0.4 is 5.56 Å². The van der Waals surface area contributed by atoms with E-state index in [-0.39, 0.29) is 22.0 Å². The lowest BCUT2D eigenvalue weighted by Crippen LogP contribution is -2.23. The Morgan fingerprint density at radius 2 is 1.87 bits per heavy atom. The molecule has 0 radical (unpaired) electrons. The summed E-state index contributed by atoms with van der Waals surface area (Å²) in [7, 11) is 0. The fourth-order valence-corrected chi connectivity index (χ4v) is 4.36. The standard InChI is InChI=1S/C23H21N3O3S/c1-12-9-10-13(2)18(11-12)26-22(29)20-19(16-7-5-6-8-17(16)24-20)25-23(26)30-21(14(3)27)15(4)28/h5-11,24,27H,1-4H3/b21-14-. The number of nitrogens with zero attached hydrogens (tertiary/aromatic N) is 2. The summed E-state index contributed by atoms with van der Waals surface area (Å²) < 4.78 is 1.51. The third-order valence-electron chi connectivity index (χ3n) is 4.94. The summed E-state index contributed by atoms with van der Waals surface area (Å²) in [6.07, 6.45) is 0. The molecule has 0 aliphatic rings. The number of ketones is 1. The number of hydrogen-bond donors (Lipinski definition) is 2. The number of thioether (sulfide) groups is 1. The van der Waals surface area contributed by atoms with E-state index in [4.69, 9.17) is 4.98 Å². The number of rotatable bonds is 4. The van der Waals surface area contributed by atoms with Crippen LogP contribution in [0.25, 0.3) is 27.6 Å². The van der Waals surface area contributed by atoms with Crippen molar-refractivity contribution in [2.24, 2.45) is 0 Å². The van der Waals surface area contributed by atoms with E-state index in [1.165, 1.54) is 18.4 Å². The summed E-state index contributed by atoms with van der Waals surface area (Å²) in [6.45, 7) is 6.71. The lowest BCUT2D eigenvalue weighted by atomic mass is 10.1. The number of fused-ring (bicyclic) bond motifs is 3. The van der Waals surface area contributed by atoms with Crippen LogP contribution in [0.4, 0.5) is 0 Å². The maximum absolute atomic E-state index is 13.6. The van der Waals surface area contributed by atoms with Gasteiger partial charge in [-0.15, -0.1) is 0 Å². The number of aryl methyl sites for hydroxylation is 2. The predicted molar refractivity (Wildman–Crippen MR) is 121 cm³/mol. The molecule has 0 unspecified atom stereocenters. The molecule has 6 nitrogen and oxygen atoms in total. The number of aromatic nitrogens is 3. The zero-order chi connectivity index (χ0) is 21.6. The molecule has 2 N–H and O–H groups in total. The highest BCUT2D eigenvalue weighted by Gasteiger charge is 2.21. The number of carbonyl (C=O) groups is 1. The van der Waals surface area contributed by atoms with Gasteiger partial charge in [-0.2, -0.15) is 0 Å². The van der Waals surface area contributed by atoms with Gasteiger partial charge in [-0.05, 0) is 62.7 Å². The zero-order valence-corrected chi connectivity index (χ0v) is 17.9. The Labute approximate surface area is 177 Å². The van der Waals surface area contributed by atoms with E-state index in [1.54, 1.807) is 0 Å². The molecule has 0 aliphatic carbocycles. The molecule has 0 bridgehead atoms. The summed E-state index contributed by atoms with van der Waals surface area (Å²) in [5, 5.41) is 11.2. The Morgan fingerprint density at radius 1 is 1.13 bits per heavy atom. The minimum atomic E-state index is -0.291. The first-order chi connectivity index (χ1) is 14.3. The molecule has 2 aromatic carbocycles. The van der Waals surface area contributed by atoms with E-state index in [0.717, 1.165) is 33.8 Å². The first kappa shape index (κ1) is 20.0.